The molecule has 0 radical (unpaired) electrons. The lowest BCUT2D eigenvalue weighted by molar-refractivity contribution is -0.121. The number of rotatable bonds is 5. The highest BCUT2D eigenvalue weighted by molar-refractivity contribution is 7.89. The van der Waals surface area contributed by atoms with Gasteiger partial charge >= 0.3 is 6.18 Å². The molecule has 2 aromatic carbocycles. The third kappa shape index (κ3) is 5.27. The summed E-state index contributed by atoms with van der Waals surface area (Å²) in [4.78, 5) is 11.8. The fourth-order valence-electron chi connectivity index (χ4n) is 2.03. The van der Waals surface area contributed by atoms with Gasteiger partial charge in [0.1, 0.15) is 12.4 Å². The van der Waals surface area contributed by atoms with Crippen LogP contribution in [0.5, 0.6) is 0 Å². The van der Waals surface area contributed by atoms with Crippen LogP contribution < -0.4 is 10.0 Å². The normalized spacial score (nSPS) is 12.0. The Morgan fingerprint density at radius 2 is 1.81 bits per heavy atom. The van der Waals surface area contributed by atoms with Crippen LogP contribution in [0.25, 0.3) is 0 Å². The fourth-order valence-corrected chi connectivity index (χ4v) is 3.09. The minimum absolute atomic E-state index is 0.0800. The first-order valence-electron chi connectivity index (χ1n) is 7.22. The van der Waals surface area contributed by atoms with Crippen molar-refractivity contribution >= 4 is 21.6 Å². The van der Waals surface area contributed by atoms with Crippen LogP contribution in [0.15, 0.2) is 47.4 Å². The summed E-state index contributed by atoms with van der Waals surface area (Å²) < 4.78 is 74.9. The van der Waals surface area contributed by atoms with Gasteiger partial charge in [-0.3, -0.25) is 4.79 Å². The third-order valence-electron chi connectivity index (χ3n) is 3.31. The zero-order chi connectivity index (χ0) is 19.5. The van der Waals surface area contributed by atoms with E-state index in [4.69, 9.17) is 0 Å². The van der Waals surface area contributed by atoms with E-state index in [2.05, 4.69) is 5.32 Å². The number of amides is 1. The van der Waals surface area contributed by atoms with Gasteiger partial charge in [0.05, 0.1) is 4.90 Å². The maximum atomic E-state index is 13.1. The number of benzene rings is 2. The quantitative estimate of drug-likeness (QED) is 0.770. The number of aryl methyl sites for hydroxylation is 1. The molecule has 0 spiro atoms. The van der Waals surface area contributed by atoms with Crippen molar-refractivity contribution in [1.29, 1.82) is 0 Å². The molecular weight excluding hydrogens is 376 g/mol. The van der Waals surface area contributed by atoms with Crippen molar-refractivity contribution in [2.24, 2.45) is 0 Å². The number of anilines is 1. The van der Waals surface area contributed by atoms with Gasteiger partial charge in [0.2, 0.25) is 10.0 Å². The van der Waals surface area contributed by atoms with Crippen LogP contribution in [0.4, 0.5) is 23.2 Å². The molecule has 2 aromatic rings. The van der Waals surface area contributed by atoms with Gasteiger partial charge in [-0.05, 0) is 48.9 Å². The maximum Gasteiger partial charge on any atom is 0.402 e. The molecule has 0 aliphatic heterocycles. The molecule has 2 rings (SSSR count). The third-order valence-corrected chi connectivity index (χ3v) is 4.70. The van der Waals surface area contributed by atoms with Gasteiger partial charge in [-0.25, -0.2) is 17.5 Å². The number of carbonyl (C=O) groups excluding carboxylic acids is 1. The standard InChI is InChI=1S/C16H14F4N2O3S/c1-10-7-12(17)5-6-14(10)22-15(23)11-3-2-4-13(8-11)26(24,25)21-9-16(18,19)20/h2-8,21H,9H2,1H3,(H,22,23). The van der Waals surface area contributed by atoms with Crippen molar-refractivity contribution in [3.05, 3.63) is 59.4 Å². The predicted molar refractivity (Wildman–Crippen MR) is 86.8 cm³/mol. The van der Waals surface area contributed by atoms with Crippen molar-refractivity contribution < 1.29 is 30.8 Å². The minimum Gasteiger partial charge on any atom is -0.322 e. The van der Waals surface area contributed by atoms with Crippen LogP contribution in [0, 0.1) is 12.7 Å². The summed E-state index contributed by atoms with van der Waals surface area (Å²) in [7, 11) is -4.44. The van der Waals surface area contributed by atoms with Gasteiger partial charge in [0.15, 0.2) is 0 Å². The van der Waals surface area contributed by atoms with Crippen LogP contribution in [0.3, 0.4) is 0 Å². The van der Waals surface area contributed by atoms with E-state index in [1.54, 1.807) is 6.92 Å². The number of hydrogen-bond donors (Lipinski definition) is 2. The molecule has 26 heavy (non-hydrogen) atoms. The van der Waals surface area contributed by atoms with Gasteiger partial charge in [-0.15, -0.1) is 0 Å². The lowest BCUT2D eigenvalue weighted by Crippen LogP contribution is -2.33. The van der Waals surface area contributed by atoms with Gasteiger partial charge in [0.25, 0.3) is 5.91 Å². The smallest absolute Gasteiger partial charge is 0.322 e. The molecule has 0 unspecified atom stereocenters. The molecule has 0 saturated heterocycles. The SMILES string of the molecule is Cc1cc(F)ccc1NC(=O)c1cccc(S(=O)(=O)NCC(F)(F)F)c1. The molecule has 0 saturated carbocycles. The van der Waals surface area contributed by atoms with E-state index in [9.17, 15) is 30.8 Å². The van der Waals surface area contributed by atoms with E-state index in [-0.39, 0.29) is 5.56 Å². The Hall–Kier alpha value is -2.46. The Labute approximate surface area is 147 Å². The highest BCUT2D eigenvalue weighted by atomic mass is 32.2. The largest absolute Gasteiger partial charge is 0.402 e. The first kappa shape index (κ1) is 19.9. The summed E-state index contributed by atoms with van der Waals surface area (Å²) in [6.07, 6.45) is -4.71. The Kier molecular flexibility index (Phi) is 5.67. The number of carbonyl (C=O) groups is 1. The van der Waals surface area contributed by atoms with Gasteiger partial charge < -0.3 is 5.32 Å². The van der Waals surface area contributed by atoms with Gasteiger partial charge in [-0.2, -0.15) is 13.2 Å². The molecule has 5 nitrogen and oxygen atoms in total. The second-order valence-electron chi connectivity index (χ2n) is 5.38. The van der Waals surface area contributed by atoms with E-state index in [0.717, 1.165) is 18.2 Å². The van der Waals surface area contributed by atoms with Gasteiger partial charge in [0, 0.05) is 11.3 Å². The number of sulfonamides is 1. The number of alkyl halides is 3. The molecule has 0 atom stereocenters. The number of hydrogen-bond acceptors (Lipinski definition) is 3. The van der Waals surface area contributed by atoms with E-state index >= 15 is 0 Å². The summed E-state index contributed by atoms with van der Waals surface area (Å²) in [5.74, 6) is -1.17. The van der Waals surface area contributed by atoms with Crippen molar-refractivity contribution in [2.75, 3.05) is 11.9 Å². The predicted octanol–water partition coefficient (Wildman–Crippen LogP) is 3.23. The first-order chi connectivity index (χ1) is 12.0. The molecule has 0 heterocycles. The molecule has 0 aliphatic rings. The molecule has 0 aliphatic carbocycles. The topological polar surface area (TPSA) is 75.3 Å². The monoisotopic (exact) mass is 390 g/mol. The van der Waals surface area contributed by atoms with Crippen molar-refractivity contribution in [3.8, 4) is 0 Å². The summed E-state index contributed by atoms with van der Waals surface area (Å²) in [6, 6.07) is 8.24. The maximum absolute atomic E-state index is 13.1. The second-order valence-corrected chi connectivity index (χ2v) is 7.15. The van der Waals surface area contributed by atoms with Crippen LogP contribution >= 0.6 is 0 Å². The minimum atomic E-state index is -4.71. The van der Waals surface area contributed by atoms with Crippen LogP contribution in [0.1, 0.15) is 15.9 Å². The molecule has 140 valence electrons. The lowest BCUT2D eigenvalue weighted by Gasteiger charge is -2.11. The summed E-state index contributed by atoms with van der Waals surface area (Å²) in [5.41, 5.74) is 0.692. The summed E-state index contributed by atoms with van der Waals surface area (Å²) in [6.45, 7) is -0.152. The highest BCUT2D eigenvalue weighted by Gasteiger charge is 2.30. The zero-order valence-corrected chi connectivity index (χ0v) is 14.2. The average molecular weight is 390 g/mol. The summed E-state index contributed by atoms with van der Waals surface area (Å²) >= 11 is 0. The number of halogens is 4. The van der Waals surface area contributed by atoms with Crippen molar-refractivity contribution in [3.63, 3.8) is 0 Å². The zero-order valence-electron chi connectivity index (χ0n) is 13.4. The highest BCUT2D eigenvalue weighted by Crippen LogP contribution is 2.19. The number of nitrogens with one attached hydrogen (secondary N) is 2. The Morgan fingerprint density at radius 3 is 2.42 bits per heavy atom. The van der Waals surface area contributed by atoms with E-state index in [0.29, 0.717) is 11.3 Å². The Morgan fingerprint density at radius 1 is 1.12 bits per heavy atom. The fraction of sp³-hybridized carbons (Fsp3) is 0.188. The molecule has 10 heteroatoms. The second kappa shape index (κ2) is 7.42. The first-order valence-corrected chi connectivity index (χ1v) is 8.70. The van der Waals surface area contributed by atoms with Crippen LogP contribution in [0.2, 0.25) is 0 Å². The molecule has 0 bridgehead atoms. The molecule has 2 N–H and O–H groups in total. The van der Waals surface area contributed by atoms with Gasteiger partial charge in [-0.1, -0.05) is 6.07 Å². The molecular formula is C16H14F4N2O3S. The van der Waals surface area contributed by atoms with E-state index in [1.807, 2.05) is 0 Å². The van der Waals surface area contributed by atoms with Crippen LogP contribution in [-0.2, 0) is 10.0 Å². The summed E-state index contributed by atoms with van der Waals surface area (Å²) in [5, 5.41) is 2.49. The van der Waals surface area contributed by atoms with Crippen molar-refractivity contribution in [2.45, 2.75) is 18.0 Å². The molecule has 0 fully saturated rings. The Bertz CT molecular complexity index is 927. The average Bonchev–Trinajstić information content (AvgIpc) is 2.55. The van der Waals surface area contributed by atoms with E-state index in [1.165, 1.54) is 29.0 Å². The Balaban J connectivity index is 2.21. The van der Waals surface area contributed by atoms with Crippen LogP contribution in [-0.4, -0.2) is 27.0 Å². The van der Waals surface area contributed by atoms with E-state index < -0.39 is 39.4 Å². The van der Waals surface area contributed by atoms with Crippen molar-refractivity contribution in [1.82, 2.24) is 4.72 Å². The molecule has 0 aromatic heterocycles. The lowest BCUT2D eigenvalue weighted by atomic mass is 10.1. The molecule has 1 amide bonds.